The predicted molar refractivity (Wildman–Crippen MR) is 69.3 cm³/mol. The molecule has 1 saturated heterocycles. The molecule has 0 aromatic heterocycles. The van der Waals surface area contributed by atoms with E-state index in [0.29, 0.717) is 0 Å². The molecule has 0 unspecified atom stereocenters. The summed E-state index contributed by atoms with van der Waals surface area (Å²) in [5.74, 6) is 0. The minimum Gasteiger partial charge on any atom is -0.382 e. The van der Waals surface area contributed by atoms with Crippen LogP contribution >= 0.6 is 31.9 Å². The van der Waals surface area contributed by atoms with Crippen molar-refractivity contribution in [3.05, 3.63) is 27.1 Å². The Morgan fingerprint density at radius 3 is 2.40 bits per heavy atom. The zero-order chi connectivity index (χ0) is 10.9. The highest BCUT2D eigenvalue weighted by atomic mass is 79.9. The van der Waals surface area contributed by atoms with Crippen molar-refractivity contribution < 1.29 is 4.74 Å². The van der Waals surface area contributed by atoms with Gasteiger partial charge in [0.25, 0.3) is 0 Å². The number of anilines is 1. The third-order valence-corrected chi connectivity index (χ3v) is 3.88. The van der Waals surface area contributed by atoms with Crippen LogP contribution in [0.3, 0.4) is 0 Å². The molecule has 1 aliphatic heterocycles. The van der Waals surface area contributed by atoms with E-state index in [1.165, 1.54) is 0 Å². The molecule has 0 amide bonds. The lowest BCUT2D eigenvalue weighted by molar-refractivity contribution is -0.0924. The van der Waals surface area contributed by atoms with Gasteiger partial charge in [-0.25, -0.2) is 0 Å². The second-order valence-electron chi connectivity index (χ2n) is 4.25. The molecule has 0 spiro atoms. The summed E-state index contributed by atoms with van der Waals surface area (Å²) in [6.45, 7) is 4.87. The molecule has 4 heteroatoms. The zero-order valence-electron chi connectivity index (χ0n) is 8.52. The lowest BCUT2D eigenvalue weighted by Gasteiger charge is -2.38. The number of hydrogen-bond donors (Lipinski definition) is 1. The van der Waals surface area contributed by atoms with Gasteiger partial charge in [0.2, 0.25) is 0 Å². The van der Waals surface area contributed by atoms with Gasteiger partial charge >= 0.3 is 0 Å². The summed E-state index contributed by atoms with van der Waals surface area (Å²) in [7, 11) is 0. The van der Waals surface area contributed by atoms with Crippen LogP contribution in [-0.2, 0) is 4.74 Å². The van der Waals surface area contributed by atoms with Crippen molar-refractivity contribution >= 4 is 37.5 Å². The summed E-state index contributed by atoms with van der Waals surface area (Å²) < 4.78 is 7.39. The van der Waals surface area contributed by atoms with Gasteiger partial charge < -0.3 is 10.1 Å². The third-order valence-electron chi connectivity index (χ3n) is 2.56. The van der Waals surface area contributed by atoms with Gasteiger partial charge in [0.1, 0.15) is 0 Å². The number of nitrogens with one attached hydrogen (secondary N) is 1. The first-order valence-corrected chi connectivity index (χ1v) is 6.45. The van der Waals surface area contributed by atoms with Gasteiger partial charge in [0, 0.05) is 20.9 Å². The van der Waals surface area contributed by atoms with E-state index >= 15 is 0 Å². The highest BCUT2D eigenvalue weighted by molar-refractivity contribution is 9.11. The Kier molecular flexibility index (Phi) is 3.38. The van der Waals surface area contributed by atoms with Crippen molar-refractivity contribution in [1.29, 1.82) is 0 Å². The van der Waals surface area contributed by atoms with Crippen LogP contribution in [0.25, 0.3) is 0 Å². The minimum atomic E-state index is 0.286. The van der Waals surface area contributed by atoms with Gasteiger partial charge in [0.15, 0.2) is 0 Å². The Morgan fingerprint density at radius 2 is 1.93 bits per heavy atom. The van der Waals surface area contributed by atoms with Crippen molar-refractivity contribution in [2.24, 2.45) is 5.41 Å². The van der Waals surface area contributed by atoms with Crippen LogP contribution < -0.4 is 5.32 Å². The quantitative estimate of drug-likeness (QED) is 0.910. The molecule has 82 valence electrons. The molecule has 0 radical (unpaired) electrons. The smallest absolute Gasteiger partial charge is 0.0629 e. The highest BCUT2D eigenvalue weighted by Crippen LogP contribution is 2.33. The van der Waals surface area contributed by atoms with Crippen molar-refractivity contribution in [1.82, 2.24) is 0 Å². The van der Waals surface area contributed by atoms with Crippen molar-refractivity contribution in [3.8, 4) is 0 Å². The van der Waals surface area contributed by atoms with Crippen LogP contribution in [-0.4, -0.2) is 19.8 Å². The SMILES string of the molecule is CC1(CNc2c(Br)cccc2Br)COC1. The summed E-state index contributed by atoms with van der Waals surface area (Å²) >= 11 is 7.06. The summed E-state index contributed by atoms with van der Waals surface area (Å²) in [6, 6.07) is 6.08. The number of hydrogen-bond acceptors (Lipinski definition) is 2. The number of rotatable bonds is 3. The second-order valence-corrected chi connectivity index (χ2v) is 5.96. The average molecular weight is 335 g/mol. The van der Waals surface area contributed by atoms with Crippen molar-refractivity contribution in [2.45, 2.75) is 6.92 Å². The van der Waals surface area contributed by atoms with E-state index in [-0.39, 0.29) is 5.41 Å². The molecule has 2 nitrogen and oxygen atoms in total. The Hall–Kier alpha value is -0.0600. The summed E-state index contributed by atoms with van der Waals surface area (Å²) in [5.41, 5.74) is 1.40. The lowest BCUT2D eigenvalue weighted by atomic mass is 9.89. The first kappa shape index (κ1) is 11.4. The summed E-state index contributed by atoms with van der Waals surface area (Å²) in [6.07, 6.45) is 0. The fraction of sp³-hybridized carbons (Fsp3) is 0.455. The molecular weight excluding hydrogens is 322 g/mol. The maximum absolute atomic E-state index is 5.22. The number of ether oxygens (including phenoxy) is 1. The van der Waals surface area contributed by atoms with Gasteiger partial charge in [-0.2, -0.15) is 0 Å². The van der Waals surface area contributed by atoms with E-state index in [4.69, 9.17) is 4.74 Å². The van der Waals surface area contributed by atoms with Crippen LogP contribution in [0.4, 0.5) is 5.69 Å². The molecule has 0 atom stereocenters. The summed E-state index contributed by atoms with van der Waals surface area (Å²) in [5, 5.41) is 3.45. The standard InChI is InChI=1S/C11H13Br2NO/c1-11(6-15-7-11)5-14-10-8(12)3-2-4-9(10)13/h2-4,14H,5-7H2,1H3. The lowest BCUT2D eigenvalue weighted by Crippen LogP contribution is -2.45. The first-order valence-electron chi connectivity index (χ1n) is 4.86. The average Bonchev–Trinajstić information content (AvgIpc) is 2.14. The first-order chi connectivity index (χ1) is 7.11. The fourth-order valence-electron chi connectivity index (χ4n) is 1.52. The Balaban J connectivity index is 2.04. The Bertz CT molecular complexity index is 343. The van der Waals surface area contributed by atoms with E-state index in [2.05, 4.69) is 44.1 Å². The molecule has 1 aromatic carbocycles. The fourth-order valence-corrected chi connectivity index (χ4v) is 2.80. The normalized spacial score (nSPS) is 18.3. The van der Waals surface area contributed by atoms with Gasteiger partial charge in [-0.05, 0) is 44.0 Å². The van der Waals surface area contributed by atoms with E-state index in [1.54, 1.807) is 0 Å². The van der Waals surface area contributed by atoms with E-state index in [9.17, 15) is 0 Å². The third kappa shape index (κ3) is 2.55. The minimum absolute atomic E-state index is 0.286. The number of halogens is 2. The molecule has 1 aliphatic rings. The predicted octanol–water partition coefficient (Wildman–Crippen LogP) is 3.66. The van der Waals surface area contributed by atoms with Gasteiger partial charge in [-0.3, -0.25) is 0 Å². The van der Waals surface area contributed by atoms with Gasteiger partial charge in [-0.15, -0.1) is 0 Å². The van der Waals surface area contributed by atoms with Crippen LogP contribution in [0.15, 0.2) is 27.1 Å². The van der Waals surface area contributed by atoms with E-state index in [1.807, 2.05) is 18.2 Å². The highest BCUT2D eigenvalue weighted by Gasteiger charge is 2.33. The molecule has 15 heavy (non-hydrogen) atoms. The number of para-hydroxylation sites is 1. The molecule has 0 bridgehead atoms. The second kappa shape index (κ2) is 4.44. The topological polar surface area (TPSA) is 21.3 Å². The summed E-state index contributed by atoms with van der Waals surface area (Å²) in [4.78, 5) is 0. The maximum Gasteiger partial charge on any atom is 0.0629 e. The van der Waals surface area contributed by atoms with Crippen molar-refractivity contribution in [3.63, 3.8) is 0 Å². The molecule has 1 heterocycles. The van der Waals surface area contributed by atoms with E-state index in [0.717, 1.165) is 34.4 Å². The van der Waals surface area contributed by atoms with Gasteiger partial charge in [-0.1, -0.05) is 13.0 Å². The molecule has 1 fully saturated rings. The molecule has 1 N–H and O–H groups in total. The Labute approximate surface area is 107 Å². The van der Waals surface area contributed by atoms with Crippen LogP contribution in [0.5, 0.6) is 0 Å². The molecule has 1 aromatic rings. The van der Waals surface area contributed by atoms with Crippen LogP contribution in [0.1, 0.15) is 6.92 Å². The van der Waals surface area contributed by atoms with Crippen LogP contribution in [0, 0.1) is 5.41 Å². The molecule has 2 rings (SSSR count). The largest absolute Gasteiger partial charge is 0.382 e. The van der Waals surface area contributed by atoms with E-state index < -0.39 is 0 Å². The van der Waals surface area contributed by atoms with Gasteiger partial charge in [0.05, 0.1) is 18.9 Å². The van der Waals surface area contributed by atoms with Crippen LogP contribution in [0.2, 0.25) is 0 Å². The monoisotopic (exact) mass is 333 g/mol. The van der Waals surface area contributed by atoms with Crippen molar-refractivity contribution in [2.75, 3.05) is 25.1 Å². The number of benzene rings is 1. The molecular formula is C11H13Br2NO. The molecule has 0 saturated carbocycles. The molecule has 0 aliphatic carbocycles. The Morgan fingerprint density at radius 1 is 1.33 bits per heavy atom. The zero-order valence-corrected chi connectivity index (χ0v) is 11.7. The maximum atomic E-state index is 5.22.